The molecule has 1 unspecified atom stereocenters. The Hall–Kier alpha value is -3.16. The number of aryl methyl sites for hydroxylation is 1. The van der Waals surface area contributed by atoms with E-state index in [1.165, 1.54) is 0 Å². The van der Waals surface area contributed by atoms with Crippen molar-refractivity contribution in [1.82, 2.24) is 9.88 Å². The predicted molar refractivity (Wildman–Crippen MR) is 134 cm³/mol. The maximum Gasteiger partial charge on any atom is 0.246 e. The van der Waals surface area contributed by atoms with E-state index in [1.807, 2.05) is 71.8 Å². The lowest BCUT2D eigenvalue weighted by molar-refractivity contribution is -0.128. The molecular weight excluding hydrogens is 448 g/mol. The van der Waals surface area contributed by atoms with Crippen molar-refractivity contribution in [2.24, 2.45) is 0 Å². The average Bonchev–Trinajstić information content (AvgIpc) is 3.53. The van der Waals surface area contributed by atoms with Gasteiger partial charge in [-0.3, -0.25) is 4.79 Å². The van der Waals surface area contributed by atoms with Crippen LogP contribution >= 0.6 is 11.3 Å². The molecule has 1 atom stereocenters. The molecule has 0 aliphatic carbocycles. The second kappa shape index (κ2) is 11.8. The number of para-hydroxylation sites is 1. The average molecular weight is 479 g/mol. The lowest BCUT2D eigenvalue weighted by atomic mass is 10.1. The minimum absolute atomic E-state index is 0.0642. The fourth-order valence-electron chi connectivity index (χ4n) is 3.92. The molecule has 7 heteroatoms. The highest BCUT2D eigenvalue weighted by atomic mass is 32.1. The van der Waals surface area contributed by atoms with E-state index in [0.29, 0.717) is 19.7 Å². The van der Waals surface area contributed by atoms with Crippen molar-refractivity contribution in [3.8, 4) is 11.5 Å². The van der Waals surface area contributed by atoms with Crippen LogP contribution in [0.3, 0.4) is 0 Å². The number of benzene rings is 2. The number of thiazole rings is 1. The van der Waals surface area contributed by atoms with Crippen LogP contribution in [0.25, 0.3) is 6.08 Å². The van der Waals surface area contributed by atoms with E-state index >= 15 is 0 Å². The molecule has 178 valence electrons. The van der Waals surface area contributed by atoms with Crippen molar-refractivity contribution in [3.63, 3.8) is 0 Å². The van der Waals surface area contributed by atoms with Crippen molar-refractivity contribution in [1.29, 1.82) is 0 Å². The number of ether oxygens (including phenoxy) is 3. The maximum atomic E-state index is 13.2. The van der Waals surface area contributed by atoms with E-state index in [0.717, 1.165) is 52.8 Å². The zero-order chi connectivity index (χ0) is 23.8. The third-order valence-electron chi connectivity index (χ3n) is 5.64. The van der Waals surface area contributed by atoms with Gasteiger partial charge in [-0.05, 0) is 49.6 Å². The summed E-state index contributed by atoms with van der Waals surface area (Å²) in [5.74, 6) is 1.45. The largest absolute Gasteiger partial charge is 0.496 e. The first kappa shape index (κ1) is 24.0. The first-order valence-electron chi connectivity index (χ1n) is 11.4. The van der Waals surface area contributed by atoms with Crippen LogP contribution in [0.5, 0.6) is 11.5 Å². The number of aromatic nitrogens is 1. The van der Waals surface area contributed by atoms with Crippen LogP contribution in [0.2, 0.25) is 0 Å². The molecule has 2 heterocycles. The number of hydrogen-bond donors (Lipinski definition) is 0. The van der Waals surface area contributed by atoms with Gasteiger partial charge in [-0.2, -0.15) is 0 Å². The molecule has 0 N–H and O–H groups in total. The Bertz CT molecular complexity index is 1120. The van der Waals surface area contributed by atoms with Crippen molar-refractivity contribution in [2.75, 3.05) is 20.3 Å². The molecule has 3 aromatic rings. The zero-order valence-corrected chi connectivity index (χ0v) is 20.4. The fraction of sp³-hybridized carbons (Fsp3) is 0.333. The van der Waals surface area contributed by atoms with Crippen molar-refractivity contribution < 1.29 is 19.0 Å². The second-order valence-corrected chi connectivity index (χ2v) is 9.28. The van der Waals surface area contributed by atoms with Gasteiger partial charge in [0.25, 0.3) is 0 Å². The summed E-state index contributed by atoms with van der Waals surface area (Å²) in [6.07, 6.45) is 5.51. The van der Waals surface area contributed by atoms with E-state index in [1.54, 1.807) is 24.5 Å². The molecule has 1 saturated heterocycles. The number of methoxy groups -OCH3 is 1. The molecule has 1 amide bonds. The standard InChI is InChI=1S/C27H30N2O4S/c1-20-28-23(19-34-20)18-33-24-9-5-7-21(15-24)12-13-27(30)29(17-25-10-6-14-32-25)16-22-8-3-4-11-26(22)31-2/h3-5,7-9,11-13,15,19,25H,6,10,14,16-18H2,1-2H3/b13-12+. The van der Waals surface area contributed by atoms with E-state index in [4.69, 9.17) is 14.2 Å². The number of carbonyl (C=O) groups excluding carboxylic acids is 1. The monoisotopic (exact) mass is 478 g/mol. The summed E-state index contributed by atoms with van der Waals surface area (Å²) in [6, 6.07) is 15.5. The normalized spacial score (nSPS) is 15.5. The Kier molecular flexibility index (Phi) is 8.33. The Balaban J connectivity index is 1.44. The van der Waals surface area contributed by atoms with Gasteiger partial charge in [-0.1, -0.05) is 30.3 Å². The Morgan fingerprint density at radius 2 is 2.15 bits per heavy atom. The third kappa shape index (κ3) is 6.68. The summed E-state index contributed by atoms with van der Waals surface area (Å²) in [5, 5.41) is 3.02. The predicted octanol–water partition coefficient (Wildman–Crippen LogP) is 5.26. The van der Waals surface area contributed by atoms with E-state index in [9.17, 15) is 4.79 Å². The highest BCUT2D eigenvalue weighted by molar-refractivity contribution is 7.09. The van der Waals surface area contributed by atoms with Gasteiger partial charge in [-0.15, -0.1) is 11.3 Å². The number of hydrogen-bond acceptors (Lipinski definition) is 6. The highest BCUT2D eigenvalue weighted by Crippen LogP contribution is 2.22. The summed E-state index contributed by atoms with van der Waals surface area (Å²) < 4.78 is 17.2. The van der Waals surface area contributed by atoms with Crippen molar-refractivity contribution >= 4 is 23.3 Å². The van der Waals surface area contributed by atoms with Gasteiger partial charge in [0.15, 0.2) is 0 Å². The molecule has 1 aliphatic rings. The first-order valence-corrected chi connectivity index (χ1v) is 12.3. The minimum Gasteiger partial charge on any atom is -0.496 e. The molecule has 1 aliphatic heterocycles. The molecule has 0 spiro atoms. The van der Waals surface area contributed by atoms with Gasteiger partial charge in [0, 0.05) is 36.7 Å². The Morgan fingerprint density at radius 1 is 1.26 bits per heavy atom. The van der Waals surface area contributed by atoms with Crippen LogP contribution in [0.1, 0.15) is 34.7 Å². The number of carbonyl (C=O) groups is 1. The lowest BCUT2D eigenvalue weighted by Gasteiger charge is -2.25. The van der Waals surface area contributed by atoms with Crippen LogP contribution < -0.4 is 9.47 Å². The Morgan fingerprint density at radius 3 is 2.91 bits per heavy atom. The molecule has 2 aromatic carbocycles. The number of rotatable bonds is 10. The Labute approximate surface area is 204 Å². The quantitative estimate of drug-likeness (QED) is 0.372. The fourth-order valence-corrected chi connectivity index (χ4v) is 4.52. The van der Waals surface area contributed by atoms with E-state index in [2.05, 4.69) is 4.98 Å². The molecule has 0 bridgehead atoms. The summed E-state index contributed by atoms with van der Waals surface area (Å²) in [6.45, 7) is 4.17. The topological polar surface area (TPSA) is 60.9 Å². The number of nitrogens with zero attached hydrogens (tertiary/aromatic N) is 2. The molecule has 34 heavy (non-hydrogen) atoms. The van der Waals surface area contributed by atoms with Gasteiger partial charge < -0.3 is 19.1 Å². The summed E-state index contributed by atoms with van der Waals surface area (Å²) in [7, 11) is 1.65. The van der Waals surface area contributed by atoms with Gasteiger partial charge >= 0.3 is 0 Å². The molecule has 0 saturated carbocycles. The maximum absolute atomic E-state index is 13.2. The first-order chi connectivity index (χ1) is 16.6. The second-order valence-electron chi connectivity index (χ2n) is 8.22. The highest BCUT2D eigenvalue weighted by Gasteiger charge is 2.22. The van der Waals surface area contributed by atoms with Crippen molar-refractivity contribution in [2.45, 2.75) is 39.0 Å². The van der Waals surface area contributed by atoms with Gasteiger partial charge in [0.2, 0.25) is 5.91 Å². The smallest absolute Gasteiger partial charge is 0.246 e. The molecule has 1 aromatic heterocycles. The summed E-state index contributed by atoms with van der Waals surface area (Å²) in [4.78, 5) is 19.5. The van der Waals surface area contributed by atoms with E-state index in [-0.39, 0.29) is 12.0 Å². The molecule has 4 rings (SSSR count). The van der Waals surface area contributed by atoms with Crippen LogP contribution in [-0.2, 0) is 22.7 Å². The van der Waals surface area contributed by atoms with E-state index < -0.39 is 0 Å². The van der Waals surface area contributed by atoms with Crippen LogP contribution in [0, 0.1) is 6.92 Å². The zero-order valence-electron chi connectivity index (χ0n) is 19.6. The minimum atomic E-state index is -0.0642. The molecule has 0 radical (unpaired) electrons. The third-order valence-corrected chi connectivity index (χ3v) is 6.47. The van der Waals surface area contributed by atoms with Gasteiger partial charge in [-0.25, -0.2) is 4.98 Å². The van der Waals surface area contributed by atoms with Gasteiger partial charge in [0.1, 0.15) is 18.1 Å². The molecule has 6 nitrogen and oxygen atoms in total. The molecular formula is C27H30N2O4S. The SMILES string of the molecule is COc1ccccc1CN(CC1CCCO1)C(=O)/C=C/c1cccc(OCc2csc(C)n2)c1. The number of amides is 1. The van der Waals surface area contributed by atoms with Gasteiger partial charge in [0.05, 0.1) is 23.9 Å². The summed E-state index contributed by atoms with van der Waals surface area (Å²) >= 11 is 1.61. The van der Waals surface area contributed by atoms with Crippen LogP contribution in [-0.4, -0.2) is 42.2 Å². The van der Waals surface area contributed by atoms with Crippen LogP contribution in [0.4, 0.5) is 0 Å². The molecule has 1 fully saturated rings. The lowest BCUT2D eigenvalue weighted by Crippen LogP contribution is -2.36. The van der Waals surface area contributed by atoms with Crippen LogP contribution in [0.15, 0.2) is 60.0 Å². The summed E-state index contributed by atoms with van der Waals surface area (Å²) in [5.41, 5.74) is 2.78. The van der Waals surface area contributed by atoms with Crippen molar-refractivity contribution in [3.05, 3.63) is 81.8 Å².